The summed E-state index contributed by atoms with van der Waals surface area (Å²) < 4.78 is 40.2. The summed E-state index contributed by atoms with van der Waals surface area (Å²) in [5, 5.41) is 15.0. The summed E-state index contributed by atoms with van der Waals surface area (Å²) >= 11 is 0. The second-order valence-corrected chi connectivity index (χ2v) is 5.03. The van der Waals surface area contributed by atoms with E-state index in [4.69, 9.17) is 5.11 Å². The van der Waals surface area contributed by atoms with E-state index in [0.29, 0.717) is 12.8 Å². The SMILES string of the molecule is CCC(CCO)NC(=O)c1cnn(C(C)C)c1C(F)(F)F. The standard InChI is InChI=1S/C13H20F3N3O2/c1-4-9(5-6-20)18-12(21)10-7-17-19(8(2)3)11(10)13(14,15)16/h7-9,20H,4-6H2,1-3H3,(H,18,21). The van der Waals surface area contributed by atoms with Gasteiger partial charge in [0.2, 0.25) is 0 Å². The molecule has 0 aliphatic carbocycles. The van der Waals surface area contributed by atoms with Crippen LogP contribution in [0.5, 0.6) is 0 Å². The van der Waals surface area contributed by atoms with Crippen molar-refractivity contribution in [1.82, 2.24) is 15.1 Å². The number of carbonyl (C=O) groups excluding carboxylic acids is 1. The number of rotatable bonds is 6. The molecule has 0 saturated heterocycles. The van der Waals surface area contributed by atoms with Crippen molar-refractivity contribution in [2.24, 2.45) is 0 Å². The predicted molar refractivity (Wildman–Crippen MR) is 70.9 cm³/mol. The Bertz CT molecular complexity index is 483. The maximum Gasteiger partial charge on any atom is 0.433 e. The number of carbonyl (C=O) groups is 1. The van der Waals surface area contributed by atoms with Crippen molar-refractivity contribution in [3.05, 3.63) is 17.5 Å². The Labute approximate surface area is 121 Å². The van der Waals surface area contributed by atoms with Gasteiger partial charge in [0.1, 0.15) is 0 Å². The molecule has 1 heterocycles. The van der Waals surface area contributed by atoms with E-state index in [1.165, 1.54) is 0 Å². The molecule has 2 N–H and O–H groups in total. The highest BCUT2D eigenvalue weighted by Crippen LogP contribution is 2.33. The molecule has 1 aromatic rings. The van der Waals surface area contributed by atoms with E-state index in [1.54, 1.807) is 20.8 Å². The predicted octanol–water partition coefficient (Wildman–Crippen LogP) is 2.37. The van der Waals surface area contributed by atoms with Crippen LogP contribution >= 0.6 is 0 Å². The Morgan fingerprint density at radius 1 is 1.48 bits per heavy atom. The molecule has 5 nitrogen and oxygen atoms in total. The highest BCUT2D eigenvalue weighted by atomic mass is 19.4. The molecule has 8 heteroatoms. The van der Waals surface area contributed by atoms with Crippen LogP contribution in [-0.4, -0.2) is 33.4 Å². The van der Waals surface area contributed by atoms with Crippen LogP contribution in [-0.2, 0) is 6.18 Å². The van der Waals surface area contributed by atoms with Gasteiger partial charge in [-0.3, -0.25) is 9.48 Å². The van der Waals surface area contributed by atoms with E-state index < -0.39 is 29.4 Å². The summed E-state index contributed by atoms with van der Waals surface area (Å²) in [5.41, 5.74) is -1.54. The van der Waals surface area contributed by atoms with E-state index >= 15 is 0 Å². The van der Waals surface area contributed by atoms with Gasteiger partial charge in [0.25, 0.3) is 5.91 Å². The minimum Gasteiger partial charge on any atom is -0.396 e. The zero-order valence-electron chi connectivity index (χ0n) is 12.2. The van der Waals surface area contributed by atoms with Crippen molar-refractivity contribution in [1.29, 1.82) is 0 Å². The Balaban J connectivity index is 3.10. The minimum absolute atomic E-state index is 0.143. The summed E-state index contributed by atoms with van der Waals surface area (Å²) in [5.74, 6) is -0.825. The third kappa shape index (κ3) is 4.20. The second-order valence-electron chi connectivity index (χ2n) is 5.03. The lowest BCUT2D eigenvalue weighted by Crippen LogP contribution is -2.36. The fourth-order valence-electron chi connectivity index (χ4n) is 2.00. The normalized spacial score (nSPS) is 13.5. The zero-order chi connectivity index (χ0) is 16.2. The number of aliphatic hydroxyl groups excluding tert-OH is 1. The monoisotopic (exact) mass is 307 g/mol. The highest BCUT2D eigenvalue weighted by Gasteiger charge is 2.40. The van der Waals surface area contributed by atoms with Gasteiger partial charge in [0, 0.05) is 18.7 Å². The van der Waals surface area contributed by atoms with Crippen LogP contribution in [0.4, 0.5) is 13.2 Å². The molecule has 1 unspecified atom stereocenters. The topological polar surface area (TPSA) is 67.2 Å². The van der Waals surface area contributed by atoms with Gasteiger partial charge < -0.3 is 10.4 Å². The number of hydrogen-bond donors (Lipinski definition) is 2. The van der Waals surface area contributed by atoms with Crippen LogP contribution in [0.2, 0.25) is 0 Å². The molecule has 0 aromatic carbocycles. The lowest BCUT2D eigenvalue weighted by molar-refractivity contribution is -0.145. The molecule has 0 spiro atoms. The molecule has 0 bridgehead atoms. The quantitative estimate of drug-likeness (QED) is 0.848. The zero-order valence-corrected chi connectivity index (χ0v) is 12.2. The number of nitrogens with one attached hydrogen (secondary N) is 1. The molecular formula is C13H20F3N3O2. The van der Waals surface area contributed by atoms with Gasteiger partial charge in [-0.1, -0.05) is 6.92 Å². The molecule has 0 fully saturated rings. The molecule has 0 aliphatic heterocycles. The minimum atomic E-state index is -4.66. The molecule has 21 heavy (non-hydrogen) atoms. The summed E-state index contributed by atoms with van der Waals surface area (Å²) in [6.07, 6.45) is -2.91. The number of hydrogen-bond acceptors (Lipinski definition) is 3. The first-order chi connectivity index (χ1) is 9.72. The Hall–Kier alpha value is -1.57. The van der Waals surface area contributed by atoms with Gasteiger partial charge >= 0.3 is 6.18 Å². The van der Waals surface area contributed by atoms with Crippen molar-refractivity contribution in [2.75, 3.05) is 6.61 Å². The molecule has 0 radical (unpaired) electrons. The number of halogens is 3. The highest BCUT2D eigenvalue weighted by molar-refractivity contribution is 5.95. The lowest BCUT2D eigenvalue weighted by atomic mass is 10.1. The average molecular weight is 307 g/mol. The molecule has 1 amide bonds. The molecule has 0 aliphatic rings. The summed E-state index contributed by atoms with van der Waals surface area (Å²) in [7, 11) is 0. The van der Waals surface area contributed by atoms with Crippen LogP contribution in [0.25, 0.3) is 0 Å². The van der Waals surface area contributed by atoms with Crippen molar-refractivity contribution in [3.8, 4) is 0 Å². The van der Waals surface area contributed by atoms with Crippen LogP contribution < -0.4 is 5.32 Å². The molecule has 1 rings (SSSR count). The second kappa shape index (κ2) is 6.93. The van der Waals surface area contributed by atoms with Crippen LogP contribution in [0.1, 0.15) is 55.7 Å². The van der Waals surface area contributed by atoms with Crippen molar-refractivity contribution in [2.45, 2.75) is 51.9 Å². The molecule has 120 valence electrons. The largest absolute Gasteiger partial charge is 0.433 e. The van der Waals surface area contributed by atoms with E-state index in [0.717, 1.165) is 10.9 Å². The van der Waals surface area contributed by atoms with Crippen molar-refractivity contribution < 1.29 is 23.1 Å². The molecule has 1 atom stereocenters. The van der Waals surface area contributed by atoms with Gasteiger partial charge in [-0.2, -0.15) is 18.3 Å². The number of aromatic nitrogens is 2. The summed E-state index contributed by atoms with van der Waals surface area (Å²) in [6.45, 7) is 4.76. The number of alkyl halides is 3. The van der Waals surface area contributed by atoms with Crippen LogP contribution in [0.3, 0.4) is 0 Å². The molecular weight excluding hydrogens is 287 g/mol. The fraction of sp³-hybridized carbons (Fsp3) is 0.692. The Morgan fingerprint density at radius 2 is 2.10 bits per heavy atom. The summed E-state index contributed by atoms with van der Waals surface area (Å²) in [6, 6.07) is -0.881. The number of amides is 1. The van der Waals surface area contributed by atoms with Gasteiger partial charge in [0.15, 0.2) is 5.69 Å². The van der Waals surface area contributed by atoms with Crippen molar-refractivity contribution in [3.63, 3.8) is 0 Å². The number of aliphatic hydroxyl groups is 1. The van der Waals surface area contributed by atoms with E-state index in [9.17, 15) is 18.0 Å². The maximum atomic E-state index is 13.1. The van der Waals surface area contributed by atoms with E-state index in [2.05, 4.69) is 10.4 Å². The van der Waals surface area contributed by atoms with E-state index in [-0.39, 0.29) is 12.6 Å². The van der Waals surface area contributed by atoms with Gasteiger partial charge in [-0.25, -0.2) is 0 Å². The van der Waals surface area contributed by atoms with Gasteiger partial charge in [-0.05, 0) is 26.7 Å². The first-order valence-corrected chi connectivity index (χ1v) is 6.78. The van der Waals surface area contributed by atoms with Crippen molar-refractivity contribution >= 4 is 5.91 Å². The first-order valence-electron chi connectivity index (χ1n) is 6.78. The summed E-state index contributed by atoms with van der Waals surface area (Å²) in [4.78, 5) is 12.0. The third-order valence-electron chi connectivity index (χ3n) is 3.10. The fourth-order valence-corrected chi connectivity index (χ4v) is 2.00. The van der Waals surface area contributed by atoms with Crippen LogP contribution in [0.15, 0.2) is 6.20 Å². The third-order valence-corrected chi connectivity index (χ3v) is 3.10. The van der Waals surface area contributed by atoms with Gasteiger partial charge in [0.05, 0.1) is 11.8 Å². The Morgan fingerprint density at radius 3 is 2.52 bits per heavy atom. The van der Waals surface area contributed by atoms with E-state index in [1.807, 2.05) is 0 Å². The Kier molecular flexibility index (Phi) is 5.77. The average Bonchev–Trinajstić information content (AvgIpc) is 2.82. The molecule has 1 aromatic heterocycles. The van der Waals surface area contributed by atoms with Gasteiger partial charge in [-0.15, -0.1) is 0 Å². The lowest BCUT2D eigenvalue weighted by Gasteiger charge is -2.18. The first kappa shape index (κ1) is 17.5. The van der Waals surface area contributed by atoms with Crippen LogP contribution in [0, 0.1) is 0 Å². The molecule has 0 saturated carbocycles. The smallest absolute Gasteiger partial charge is 0.396 e. The maximum absolute atomic E-state index is 13.1. The number of nitrogens with zero attached hydrogens (tertiary/aromatic N) is 2.